The van der Waals surface area contributed by atoms with Crippen molar-refractivity contribution in [1.29, 1.82) is 0 Å². The van der Waals surface area contributed by atoms with Crippen LogP contribution in [-0.2, 0) is 6.54 Å². The number of anilines is 1. The van der Waals surface area contributed by atoms with Crippen LogP contribution in [0.4, 0.5) is 5.69 Å². The zero-order valence-electron chi connectivity index (χ0n) is 15.4. The molecule has 1 saturated heterocycles. The van der Waals surface area contributed by atoms with Crippen molar-refractivity contribution in [3.05, 3.63) is 64.2 Å². The summed E-state index contributed by atoms with van der Waals surface area (Å²) in [5.74, 6) is 0.638. The Balaban J connectivity index is 1.38. The maximum absolute atomic E-state index is 12.2. The second-order valence-corrected chi connectivity index (χ2v) is 7.35. The molecular weight excluding hydrogens is 326 g/mol. The Labute approximate surface area is 153 Å². The van der Waals surface area contributed by atoms with E-state index in [9.17, 15) is 4.79 Å². The van der Waals surface area contributed by atoms with Crippen LogP contribution in [0.25, 0.3) is 5.65 Å². The number of aryl methyl sites for hydroxylation is 1. The molecule has 6 nitrogen and oxygen atoms in total. The molecule has 0 aliphatic carbocycles. The number of nitrogens with zero attached hydrogens (tertiary/aromatic N) is 4. The number of benzene rings is 1. The van der Waals surface area contributed by atoms with E-state index in [1.807, 2.05) is 13.0 Å². The van der Waals surface area contributed by atoms with Crippen LogP contribution < -0.4 is 10.5 Å². The van der Waals surface area contributed by atoms with E-state index in [2.05, 4.69) is 57.3 Å². The first-order valence-electron chi connectivity index (χ1n) is 9.15. The zero-order chi connectivity index (χ0) is 18.1. The highest BCUT2D eigenvalue weighted by Crippen LogP contribution is 2.24. The van der Waals surface area contributed by atoms with Crippen molar-refractivity contribution in [1.82, 2.24) is 19.5 Å². The molecular formula is C20H25N5O. The first kappa shape index (κ1) is 16.8. The number of H-pyrrole nitrogens is 1. The average molecular weight is 351 g/mol. The van der Waals surface area contributed by atoms with Crippen LogP contribution in [-0.4, -0.2) is 46.2 Å². The summed E-state index contributed by atoms with van der Waals surface area (Å²) in [6.45, 7) is 5.82. The molecule has 1 aliphatic rings. The standard InChI is InChI=1S/C20H25N5O/c1-15-10-19-21-17(11-20(26)25(19)22-15)14-23(2)12-16-8-9-24(13-16)18-6-4-3-5-7-18/h3-7,10-11,16,22H,8-9,12-14H2,1-2H3. The number of hydrogen-bond acceptors (Lipinski definition) is 4. The maximum Gasteiger partial charge on any atom is 0.272 e. The Morgan fingerprint density at radius 2 is 2.08 bits per heavy atom. The first-order chi connectivity index (χ1) is 12.6. The molecule has 0 saturated carbocycles. The lowest BCUT2D eigenvalue weighted by Gasteiger charge is -2.22. The van der Waals surface area contributed by atoms with Crippen LogP contribution in [0.3, 0.4) is 0 Å². The first-order valence-corrected chi connectivity index (χ1v) is 9.15. The van der Waals surface area contributed by atoms with Crippen molar-refractivity contribution in [2.45, 2.75) is 19.9 Å². The van der Waals surface area contributed by atoms with E-state index in [-0.39, 0.29) is 5.56 Å². The van der Waals surface area contributed by atoms with Gasteiger partial charge < -0.3 is 9.80 Å². The van der Waals surface area contributed by atoms with Crippen LogP contribution in [0.1, 0.15) is 17.8 Å². The molecule has 1 unspecified atom stereocenters. The second-order valence-electron chi connectivity index (χ2n) is 7.35. The maximum atomic E-state index is 12.2. The normalized spacial score (nSPS) is 17.5. The number of fused-ring (bicyclic) bond motifs is 1. The molecule has 0 radical (unpaired) electrons. The number of hydrogen-bond donors (Lipinski definition) is 1. The van der Waals surface area contributed by atoms with Gasteiger partial charge in [-0.15, -0.1) is 0 Å². The molecule has 136 valence electrons. The highest BCUT2D eigenvalue weighted by Gasteiger charge is 2.23. The van der Waals surface area contributed by atoms with Gasteiger partial charge in [0.25, 0.3) is 5.56 Å². The Morgan fingerprint density at radius 1 is 1.27 bits per heavy atom. The molecule has 1 aromatic carbocycles. The third-order valence-corrected chi connectivity index (χ3v) is 5.04. The molecule has 26 heavy (non-hydrogen) atoms. The summed E-state index contributed by atoms with van der Waals surface area (Å²) in [4.78, 5) is 21.5. The second kappa shape index (κ2) is 6.96. The van der Waals surface area contributed by atoms with Gasteiger partial charge in [0.05, 0.1) is 5.69 Å². The molecule has 1 fully saturated rings. The van der Waals surface area contributed by atoms with Crippen LogP contribution in [0.5, 0.6) is 0 Å². The van der Waals surface area contributed by atoms with E-state index >= 15 is 0 Å². The van der Waals surface area contributed by atoms with Gasteiger partial charge in [-0.3, -0.25) is 9.89 Å². The van der Waals surface area contributed by atoms with Gasteiger partial charge in [0.2, 0.25) is 0 Å². The lowest BCUT2D eigenvalue weighted by atomic mass is 10.1. The van der Waals surface area contributed by atoms with Gasteiger partial charge in [0.1, 0.15) is 0 Å². The van der Waals surface area contributed by atoms with Gasteiger partial charge in [-0.2, -0.15) is 0 Å². The molecule has 2 aromatic heterocycles. The van der Waals surface area contributed by atoms with Gasteiger partial charge in [-0.25, -0.2) is 9.50 Å². The zero-order valence-corrected chi connectivity index (χ0v) is 15.4. The van der Waals surface area contributed by atoms with Crippen molar-refractivity contribution < 1.29 is 0 Å². The van der Waals surface area contributed by atoms with Crippen LogP contribution in [0, 0.1) is 12.8 Å². The lowest BCUT2D eigenvalue weighted by Crippen LogP contribution is -2.29. The molecule has 0 amide bonds. The fourth-order valence-corrected chi connectivity index (χ4v) is 3.88. The lowest BCUT2D eigenvalue weighted by molar-refractivity contribution is 0.276. The van der Waals surface area contributed by atoms with Crippen molar-refractivity contribution in [2.24, 2.45) is 5.92 Å². The molecule has 1 aliphatic heterocycles. The summed E-state index contributed by atoms with van der Waals surface area (Å²) < 4.78 is 1.49. The predicted octanol–water partition coefficient (Wildman–Crippen LogP) is 2.29. The van der Waals surface area contributed by atoms with Gasteiger partial charge in [-0.1, -0.05) is 18.2 Å². The third-order valence-electron chi connectivity index (χ3n) is 5.04. The fraction of sp³-hybridized carbons (Fsp3) is 0.400. The molecule has 0 spiro atoms. The third kappa shape index (κ3) is 3.51. The summed E-state index contributed by atoms with van der Waals surface area (Å²) in [5.41, 5.74) is 3.71. The van der Waals surface area contributed by atoms with Crippen LogP contribution in [0.2, 0.25) is 0 Å². The minimum absolute atomic E-state index is 0.0531. The smallest absolute Gasteiger partial charge is 0.272 e. The summed E-state index contributed by atoms with van der Waals surface area (Å²) in [7, 11) is 2.11. The Bertz CT molecular complexity index is 946. The van der Waals surface area contributed by atoms with Crippen LogP contribution in [0.15, 0.2) is 47.3 Å². The summed E-state index contributed by atoms with van der Waals surface area (Å²) in [6.07, 6.45) is 1.20. The SMILES string of the molecule is Cc1cc2nc(CN(C)CC3CCN(c4ccccc4)C3)cc(=O)n2[nH]1. The van der Waals surface area contributed by atoms with Crippen LogP contribution >= 0.6 is 0 Å². The van der Waals surface area contributed by atoms with Crippen molar-refractivity contribution in [3.8, 4) is 0 Å². The number of para-hydroxylation sites is 1. The van der Waals surface area contributed by atoms with E-state index in [1.165, 1.54) is 16.6 Å². The number of nitrogens with one attached hydrogen (secondary N) is 1. The minimum Gasteiger partial charge on any atom is -0.371 e. The molecule has 4 rings (SSSR count). The molecule has 1 N–H and O–H groups in total. The van der Waals surface area contributed by atoms with E-state index in [4.69, 9.17) is 0 Å². The minimum atomic E-state index is -0.0531. The molecule has 3 aromatic rings. The van der Waals surface area contributed by atoms with E-state index in [0.717, 1.165) is 31.0 Å². The Kier molecular flexibility index (Phi) is 4.51. The highest BCUT2D eigenvalue weighted by atomic mass is 16.1. The number of aromatic nitrogens is 3. The Hall–Kier alpha value is -2.60. The van der Waals surface area contributed by atoms with Gasteiger partial charge in [0.15, 0.2) is 5.65 Å². The summed E-state index contributed by atoms with van der Waals surface area (Å²) in [5, 5.41) is 3.01. The van der Waals surface area contributed by atoms with Crippen molar-refractivity contribution in [3.63, 3.8) is 0 Å². The largest absolute Gasteiger partial charge is 0.371 e. The van der Waals surface area contributed by atoms with E-state index in [0.29, 0.717) is 18.1 Å². The summed E-state index contributed by atoms with van der Waals surface area (Å²) in [6, 6.07) is 14.1. The van der Waals surface area contributed by atoms with Gasteiger partial charge in [-0.05, 0) is 38.4 Å². The van der Waals surface area contributed by atoms with Crippen molar-refractivity contribution in [2.75, 3.05) is 31.6 Å². The quantitative estimate of drug-likeness (QED) is 0.766. The monoisotopic (exact) mass is 351 g/mol. The number of aromatic amines is 1. The van der Waals surface area contributed by atoms with Gasteiger partial charge in [0, 0.05) is 49.7 Å². The van der Waals surface area contributed by atoms with Gasteiger partial charge >= 0.3 is 0 Å². The molecule has 3 heterocycles. The highest BCUT2D eigenvalue weighted by molar-refractivity contribution is 5.46. The van der Waals surface area contributed by atoms with E-state index < -0.39 is 0 Å². The molecule has 6 heteroatoms. The molecule has 0 bridgehead atoms. The molecule has 1 atom stereocenters. The summed E-state index contributed by atoms with van der Waals surface area (Å²) >= 11 is 0. The fourth-order valence-electron chi connectivity index (χ4n) is 3.88. The predicted molar refractivity (Wildman–Crippen MR) is 104 cm³/mol. The average Bonchev–Trinajstić information content (AvgIpc) is 3.22. The van der Waals surface area contributed by atoms with E-state index in [1.54, 1.807) is 6.07 Å². The topological polar surface area (TPSA) is 56.6 Å². The number of rotatable bonds is 5. The Morgan fingerprint density at radius 3 is 2.88 bits per heavy atom. The van der Waals surface area contributed by atoms with Crippen molar-refractivity contribution >= 4 is 11.3 Å².